The first-order chi connectivity index (χ1) is 13.3. The fourth-order valence-corrected chi connectivity index (χ4v) is 3.68. The molecule has 27 heavy (non-hydrogen) atoms. The second-order valence-corrected chi connectivity index (χ2v) is 7.69. The zero-order valence-electron chi connectivity index (χ0n) is 15.1. The largest absolute Gasteiger partial charge is 0.368 e. The summed E-state index contributed by atoms with van der Waals surface area (Å²) in [6.45, 7) is 3.71. The van der Waals surface area contributed by atoms with Crippen molar-refractivity contribution in [3.05, 3.63) is 53.6 Å². The molecule has 1 aliphatic carbocycles. The fraction of sp³-hybridized carbons (Fsp3) is 0.333. The fourth-order valence-electron chi connectivity index (χ4n) is 3.55. The van der Waals surface area contributed by atoms with Gasteiger partial charge in [0.1, 0.15) is 5.82 Å². The molecule has 2 fully saturated rings. The summed E-state index contributed by atoms with van der Waals surface area (Å²) in [5.74, 6) is 1.80. The van der Waals surface area contributed by atoms with Crippen molar-refractivity contribution in [2.24, 2.45) is 0 Å². The van der Waals surface area contributed by atoms with Crippen LogP contribution in [0.15, 0.2) is 48.5 Å². The van der Waals surface area contributed by atoms with E-state index in [2.05, 4.69) is 39.4 Å². The van der Waals surface area contributed by atoms with Gasteiger partial charge < -0.3 is 15.1 Å². The van der Waals surface area contributed by atoms with Crippen molar-refractivity contribution < 1.29 is 0 Å². The summed E-state index contributed by atoms with van der Waals surface area (Å²) in [7, 11) is 0. The van der Waals surface area contributed by atoms with Crippen molar-refractivity contribution in [2.75, 3.05) is 41.3 Å². The Hall–Kier alpha value is -2.53. The molecule has 6 heteroatoms. The molecule has 1 saturated heterocycles. The van der Waals surface area contributed by atoms with E-state index in [0.29, 0.717) is 6.04 Å². The van der Waals surface area contributed by atoms with Crippen molar-refractivity contribution in [3.63, 3.8) is 0 Å². The second kappa shape index (κ2) is 6.89. The van der Waals surface area contributed by atoms with Crippen molar-refractivity contribution in [2.45, 2.75) is 18.9 Å². The highest BCUT2D eigenvalue weighted by Gasteiger charge is 2.24. The molecule has 0 amide bonds. The number of nitrogens with one attached hydrogen (secondary N) is 1. The maximum atomic E-state index is 6.01. The monoisotopic (exact) mass is 379 g/mol. The molecule has 2 heterocycles. The van der Waals surface area contributed by atoms with E-state index in [1.54, 1.807) is 0 Å². The number of hydrogen-bond acceptors (Lipinski definition) is 5. The number of anilines is 3. The molecule has 2 aromatic carbocycles. The predicted molar refractivity (Wildman–Crippen MR) is 112 cm³/mol. The minimum Gasteiger partial charge on any atom is -0.368 e. The Morgan fingerprint density at radius 2 is 1.56 bits per heavy atom. The van der Waals surface area contributed by atoms with E-state index in [4.69, 9.17) is 21.6 Å². The summed E-state index contributed by atoms with van der Waals surface area (Å²) >= 11 is 6.01. The number of nitrogens with zero attached hydrogens (tertiary/aromatic N) is 4. The smallest absolute Gasteiger partial charge is 0.228 e. The Labute approximate surface area is 164 Å². The van der Waals surface area contributed by atoms with Crippen LogP contribution in [0.3, 0.4) is 0 Å². The number of benzene rings is 2. The quantitative estimate of drug-likeness (QED) is 0.736. The molecule has 3 aromatic rings. The zero-order chi connectivity index (χ0) is 18.2. The third kappa shape index (κ3) is 3.52. The average Bonchev–Trinajstić information content (AvgIpc) is 3.53. The zero-order valence-corrected chi connectivity index (χ0v) is 15.9. The van der Waals surface area contributed by atoms with Crippen molar-refractivity contribution in [1.82, 2.24) is 9.97 Å². The third-order valence-electron chi connectivity index (χ3n) is 5.26. The van der Waals surface area contributed by atoms with E-state index in [9.17, 15) is 0 Å². The highest BCUT2D eigenvalue weighted by atomic mass is 35.5. The summed E-state index contributed by atoms with van der Waals surface area (Å²) in [5.41, 5.74) is 2.22. The van der Waals surface area contributed by atoms with Gasteiger partial charge in [-0.2, -0.15) is 4.98 Å². The Morgan fingerprint density at radius 3 is 2.30 bits per heavy atom. The first kappa shape index (κ1) is 16.6. The van der Waals surface area contributed by atoms with Gasteiger partial charge in [-0.05, 0) is 49.2 Å². The van der Waals surface area contributed by atoms with Gasteiger partial charge in [-0.1, -0.05) is 23.7 Å². The first-order valence-electron chi connectivity index (χ1n) is 9.55. The van der Waals surface area contributed by atoms with E-state index in [-0.39, 0.29) is 0 Å². The molecule has 5 rings (SSSR count). The molecule has 1 aliphatic heterocycles. The molecule has 1 aromatic heterocycles. The van der Waals surface area contributed by atoms with Crippen LogP contribution in [0.2, 0.25) is 5.02 Å². The highest BCUT2D eigenvalue weighted by Crippen LogP contribution is 2.30. The van der Waals surface area contributed by atoms with E-state index in [1.165, 1.54) is 18.5 Å². The van der Waals surface area contributed by atoms with Gasteiger partial charge in [0, 0.05) is 48.3 Å². The lowest BCUT2D eigenvalue weighted by molar-refractivity contribution is 0.641. The Kier molecular flexibility index (Phi) is 4.24. The number of hydrogen-bond donors (Lipinski definition) is 1. The van der Waals surface area contributed by atoms with Gasteiger partial charge >= 0.3 is 0 Å². The van der Waals surface area contributed by atoms with Crippen LogP contribution in [0.4, 0.5) is 17.5 Å². The topological polar surface area (TPSA) is 44.3 Å². The molecule has 1 saturated carbocycles. The molecule has 0 unspecified atom stereocenters. The SMILES string of the molecule is Clc1ccc(N2CCN(c3nc(NC4CC4)c4ccccc4n3)CC2)cc1. The Bertz CT molecular complexity index is 946. The first-order valence-corrected chi connectivity index (χ1v) is 9.93. The lowest BCUT2D eigenvalue weighted by Crippen LogP contribution is -2.47. The van der Waals surface area contributed by atoms with Gasteiger partial charge in [0.05, 0.1) is 5.52 Å². The van der Waals surface area contributed by atoms with Crippen LogP contribution in [0, 0.1) is 0 Å². The molecule has 0 spiro atoms. The van der Waals surface area contributed by atoms with Gasteiger partial charge in [-0.25, -0.2) is 4.98 Å². The summed E-state index contributed by atoms with van der Waals surface area (Å²) in [4.78, 5) is 14.4. The molecule has 0 radical (unpaired) electrons. The molecule has 138 valence electrons. The van der Waals surface area contributed by atoms with Crippen LogP contribution in [0.1, 0.15) is 12.8 Å². The van der Waals surface area contributed by atoms with E-state index >= 15 is 0 Å². The van der Waals surface area contributed by atoms with Crippen molar-refractivity contribution in [3.8, 4) is 0 Å². The van der Waals surface area contributed by atoms with Gasteiger partial charge in [0.2, 0.25) is 5.95 Å². The summed E-state index contributed by atoms with van der Waals surface area (Å²) in [6.07, 6.45) is 2.46. The van der Waals surface area contributed by atoms with Gasteiger partial charge in [-0.3, -0.25) is 0 Å². The minimum absolute atomic E-state index is 0.568. The maximum absolute atomic E-state index is 6.01. The Balaban J connectivity index is 1.37. The summed E-state index contributed by atoms with van der Waals surface area (Å²) < 4.78 is 0. The number of piperazine rings is 1. The van der Waals surface area contributed by atoms with Gasteiger partial charge in [-0.15, -0.1) is 0 Å². The second-order valence-electron chi connectivity index (χ2n) is 7.26. The lowest BCUT2D eigenvalue weighted by Gasteiger charge is -2.36. The van der Waals surface area contributed by atoms with E-state index < -0.39 is 0 Å². The van der Waals surface area contributed by atoms with E-state index in [0.717, 1.165) is 53.9 Å². The number of rotatable bonds is 4. The maximum Gasteiger partial charge on any atom is 0.228 e. The van der Waals surface area contributed by atoms with Gasteiger partial charge in [0.25, 0.3) is 0 Å². The van der Waals surface area contributed by atoms with Crippen LogP contribution < -0.4 is 15.1 Å². The van der Waals surface area contributed by atoms with Crippen molar-refractivity contribution in [1.29, 1.82) is 0 Å². The van der Waals surface area contributed by atoms with Crippen LogP contribution in [-0.2, 0) is 0 Å². The van der Waals surface area contributed by atoms with Crippen LogP contribution in [0.5, 0.6) is 0 Å². The third-order valence-corrected chi connectivity index (χ3v) is 5.52. The minimum atomic E-state index is 0.568. The molecule has 2 aliphatic rings. The average molecular weight is 380 g/mol. The Morgan fingerprint density at radius 1 is 0.852 bits per heavy atom. The van der Waals surface area contributed by atoms with Crippen LogP contribution >= 0.6 is 11.6 Å². The molecule has 5 nitrogen and oxygen atoms in total. The lowest BCUT2D eigenvalue weighted by atomic mass is 10.2. The van der Waals surface area contributed by atoms with Crippen LogP contribution in [-0.4, -0.2) is 42.2 Å². The number of para-hydroxylation sites is 1. The van der Waals surface area contributed by atoms with Crippen molar-refractivity contribution >= 4 is 40.0 Å². The molecule has 0 atom stereocenters. The molecule has 1 N–H and O–H groups in total. The molecule has 0 bridgehead atoms. The molecular formula is C21H22ClN5. The highest BCUT2D eigenvalue weighted by molar-refractivity contribution is 6.30. The standard InChI is InChI=1S/C21H22ClN5/c22-15-5-9-17(10-6-15)26-11-13-27(14-12-26)21-24-19-4-2-1-3-18(19)20(25-21)23-16-7-8-16/h1-6,9-10,16H,7-8,11-14H2,(H,23,24,25). The summed E-state index contributed by atoms with van der Waals surface area (Å²) in [5, 5.41) is 5.46. The normalized spacial score (nSPS) is 17.4. The predicted octanol–water partition coefficient (Wildman–Crippen LogP) is 4.18. The number of fused-ring (bicyclic) bond motifs is 1. The number of aromatic nitrogens is 2. The number of halogens is 1. The summed E-state index contributed by atoms with van der Waals surface area (Å²) in [6, 6.07) is 16.9. The van der Waals surface area contributed by atoms with Gasteiger partial charge in [0.15, 0.2) is 0 Å². The van der Waals surface area contributed by atoms with Crippen LogP contribution in [0.25, 0.3) is 10.9 Å². The van der Waals surface area contributed by atoms with E-state index in [1.807, 2.05) is 24.3 Å². The molecular weight excluding hydrogens is 358 g/mol.